The summed E-state index contributed by atoms with van der Waals surface area (Å²) in [6.07, 6.45) is -12.0. The Labute approximate surface area is 173 Å². The molecule has 7 nitrogen and oxygen atoms in total. The number of alkyl halides is 6. The van der Waals surface area contributed by atoms with Crippen LogP contribution in [0.1, 0.15) is 26.2 Å². The molecule has 0 amide bonds. The third-order valence-corrected chi connectivity index (χ3v) is 6.51. The lowest BCUT2D eigenvalue weighted by Gasteiger charge is -2.37. The first-order valence-electron chi connectivity index (χ1n) is 9.03. The van der Waals surface area contributed by atoms with Gasteiger partial charge in [0.1, 0.15) is 5.75 Å². The van der Waals surface area contributed by atoms with Crippen LogP contribution >= 0.6 is 0 Å². The molecule has 0 spiro atoms. The number of rotatable bonds is 7. The van der Waals surface area contributed by atoms with Gasteiger partial charge in [0.15, 0.2) is 0 Å². The highest BCUT2D eigenvalue weighted by molar-refractivity contribution is 7.85. The average molecular weight is 482 g/mol. The lowest BCUT2D eigenvalue weighted by molar-refractivity contribution is -0.362. The molecule has 0 aromatic carbocycles. The minimum Gasteiger partial charge on any atom is -0.462 e. The molecular weight excluding hydrogens is 462 g/mol. The van der Waals surface area contributed by atoms with E-state index in [-0.39, 0.29) is 30.9 Å². The standard InChI is InChI=1S/C17H20F6O7S/c1-8(2)13(24)29-6-12-9-3-4-10(12)11(5-9)14(25)30-15(16(18,19)20,17(21,22)23)7-31(26,27)28/h9-12H,1,3-7H2,2H3,(H,26,27,28). The number of esters is 2. The van der Waals surface area contributed by atoms with Gasteiger partial charge in [0.2, 0.25) is 0 Å². The number of hydrogen-bond acceptors (Lipinski definition) is 6. The summed E-state index contributed by atoms with van der Waals surface area (Å²) in [6, 6.07) is 0. The molecule has 0 radical (unpaired) electrons. The van der Waals surface area contributed by atoms with E-state index in [0.717, 1.165) is 0 Å². The van der Waals surface area contributed by atoms with E-state index in [1.54, 1.807) is 0 Å². The predicted molar refractivity (Wildman–Crippen MR) is 90.9 cm³/mol. The summed E-state index contributed by atoms with van der Waals surface area (Å²) in [6.45, 7) is 4.57. The highest BCUT2D eigenvalue weighted by Gasteiger charge is 2.76. The fourth-order valence-corrected chi connectivity index (χ4v) is 5.18. The van der Waals surface area contributed by atoms with Gasteiger partial charge in [-0.1, -0.05) is 6.58 Å². The Morgan fingerprint density at radius 1 is 1.10 bits per heavy atom. The third kappa shape index (κ3) is 5.16. The van der Waals surface area contributed by atoms with E-state index in [1.165, 1.54) is 6.92 Å². The van der Waals surface area contributed by atoms with Crippen LogP contribution in [0.2, 0.25) is 0 Å². The molecule has 2 rings (SSSR count). The maximum absolute atomic E-state index is 13.4. The third-order valence-electron chi connectivity index (χ3n) is 5.73. The molecular formula is C17H20F6O7S. The lowest BCUT2D eigenvalue weighted by atomic mass is 9.88. The first-order chi connectivity index (χ1) is 13.9. The van der Waals surface area contributed by atoms with Crippen molar-refractivity contribution in [2.24, 2.45) is 23.7 Å². The number of carbonyl (C=O) groups excluding carboxylic acids is 2. The second kappa shape index (κ2) is 8.26. The first-order valence-corrected chi connectivity index (χ1v) is 10.6. The lowest BCUT2D eigenvalue weighted by Crippen LogP contribution is -2.64. The number of fused-ring (bicyclic) bond motifs is 2. The first kappa shape index (κ1) is 25.4. The molecule has 2 saturated carbocycles. The summed E-state index contributed by atoms with van der Waals surface area (Å²) in [4.78, 5) is 23.9. The Morgan fingerprint density at radius 3 is 2.10 bits per heavy atom. The molecule has 0 aliphatic heterocycles. The van der Waals surface area contributed by atoms with Gasteiger partial charge in [0, 0.05) is 5.57 Å². The molecule has 4 atom stereocenters. The van der Waals surface area contributed by atoms with Crippen molar-refractivity contribution in [1.29, 1.82) is 0 Å². The topological polar surface area (TPSA) is 107 Å². The normalized spacial score (nSPS) is 26.6. The molecule has 2 bridgehead atoms. The van der Waals surface area contributed by atoms with E-state index in [4.69, 9.17) is 9.29 Å². The van der Waals surface area contributed by atoms with Crippen molar-refractivity contribution in [3.8, 4) is 0 Å². The Hall–Kier alpha value is -1.83. The Kier molecular flexibility index (Phi) is 6.78. The summed E-state index contributed by atoms with van der Waals surface area (Å²) >= 11 is 0. The van der Waals surface area contributed by atoms with Gasteiger partial charge in [-0.15, -0.1) is 0 Å². The summed E-state index contributed by atoms with van der Waals surface area (Å²) in [5.74, 6) is -8.38. The molecule has 0 aromatic rings. The van der Waals surface area contributed by atoms with Crippen molar-refractivity contribution in [1.82, 2.24) is 0 Å². The average Bonchev–Trinajstić information content (AvgIpc) is 3.12. The van der Waals surface area contributed by atoms with Crippen LogP contribution in [0, 0.1) is 23.7 Å². The Bertz CT molecular complexity index is 834. The largest absolute Gasteiger partial charge is 0.462 e. The quantitative estimate of drug-likeness (QED) is 0.257. The summed E-state index contributed by atoms with van der Waals surface area (Å²) in [7, 11) is -5.85. The van der Waals surface area contributed by atoms with E-state index >= 15 is 0 Å². The highest BCUT2D eigenvalue weighted by Crippen LogP contribution is 2.55. The van der Waals surface area contributed by atoms with Crippen LogP contribution in [0.3, 0.4) is 0 Å². The van der Waals surface area contributed by atoms with Gasteiger partial charge >= 0.3 is 29.9 Å². The maximum Gasteiger partial charge on any atom is 0.438 e. The van der Waals surface area contributed by atoms with Gasteiger partial charge in [-0.25, -0.2) is 4.79 Å². The zero-order valence-electron chi connectivity index (χ0n) is 16.1. The van der Waals surface area contributed by atoms with Crippen molar-refractivity contribution in [2.75, 3.05) is 12.4 Å². The van der Waals surface area contributed by atoms with Crippen LogP contribution in [0.4, 0.5) is 26.3 Å². The van der Waals surface area contributed by atoms with Crippen molar-refractivity contribution >= 4 is 22.1 Å². The number of carbonyl (C=O) groups is 2. The fraction of sp³-hybridized carbons (Fsp3) is 0.765. The molecule has 4 unspecified atom stereocenters. The van der Waals surface area contributed by atoms with Gasteiger partial charge in [0.25, 0.3) is 10.1 Å². The zero-order valence-corrected chi connectivity index (χ0v) is 16.9. The summed E-state index contributed by atoms with van der Waals surface area (Å²) in [5, 5.41) is 0. The van der Waals surface area contributed by atoms with E-state index < -0.39 is 63.5 Å². The van der Waals surface area contributed by atoms with Crippen LogP contribution in [0.25, 0.3) is 0 Å². The SMILES string of the molecule is C=C(C)C(=O)OCC1C2CCC1C(C(=O)OC(CS(=O)(=O)O)(C(F)(F)F)C(F)(F)F)C2. The second-order valence-corrected chi connectivity index (χ2v) is 9.31. The van der Waals surface area contributed by atoms with Gasteiger partial charge in [-0.05, 0) is 43.9 Å². The van der Waals surface area contributed by atoms with Crippen LogP contribution in [0.5, 0.6) is 0 Å². The van der Waals surface area contributed by atoms with Crippen molar-refractivity contribution in [2.45, 2.75) is 44.1 Å². The monoisotopic (exact) mass is 482 g/mol. The Balaban J connectivity index is 2.27. The minimum atomic E-state index is -6.37. The molecule has 0 aromatic heterocycles. The van der Waals surface area contributed by atoms with Crippen LogP contribution in [-0.4, -0.2) is 55.2 Å². The highest BCUT2D eigenvalue weighted by atomic mass is 32.2. The number of ether oxygens (including phenoxy) is 2. The van der Waals surface area contributed by atoms with Crippen molar-refractivity contribution in [3.05, 3.63) is 12.2 Å². The molecule has 2 aliphatic carbocycles. The summed E-state index contributed by atoms with van der Waals surface area (Å²) < 4.78 is 120. The molecule has 14 heteroatoms. The molecule has 2 fully saturated rings. The molecule has 0 saturated heterocycles. The van der Waals surface area contributed by atoms with E-state index in [9.17, 15) is 44.3 Å². The van der Waals surface area contributed by atoms with Crippen LogP contribution < -0.4 is 0 Å². The zero-order chi connectivity index (χ0) is 24.0. The number of hydrogen-bond donors (Lipinski definition) is 1. The smallest absolute Gasteiger partial charge is 0.438 e. The van der Waals surface area contributed by atoms with Crippen LogP contribution in [-0.2, 0) is 29.2 Å². The number of halogens is 6. The van der Waals surface area contributed by atoms with Crippen LogP contribution in [0.15, 0.2) is 12.2 Å². The van der Waals surface area contributed by atoms with Gasteiger partial charge < -0.3 is 9.47 Å². The minimum absolute atomic E-state index is 0.0895. The predicted octanol–water partition coefficient (Wildman–Crippen LogP) is 3.06. The van der Waals surface area contributed by atoms with Crippen molar-refractivity contribution < 1.29 is 58.4 Å². The molecule has 31 heavy (non-hydrogen) atoms. The Morgan fingerprint density at radius 2 is 1.65 bits per heavy atom. The molecule has 0 heterocycles. The maximum atomic E-state index is 13.4. The van der Waals surface area contributed by atoms with E-state index in [0.29, 0.717) is 6.42 Å². The van der Waals surface area contributed by atoms with Gasteiger partial charge in [-0.3, -0.25) is 9.35 Å². The van der Waals surface area contributed by atoms with E-state index in [2.05, 4.69) is 11.3 Å². The fourth-order valence-electron chi connectivity index (χ4n) is 4.28. The molecule has 1 N–H and O–H groups in total. The molecule has 178 valence electrons. The van der Waals surface area contributed by atoms with Gasteiger partial charge in [-0.2, -0.15) is 34.8 Å². The van der Waals surface area contributed by atoms with Gasteiger partial charge in [0.05, 0.1) is 12.5 Å². The van der Waals surface area contributed by atoms with Crippen molar-refractivity contribution in [3.63, 3.8) is 0 Å². The van der Waals surface area contributed by atoms with E-state index in [1.807, 2.05) is 0 Å². The second-order valence-electron chi connectivity index (χ2n) is 7.86. The molecule has 2 aliphatic rings. The summed E-state index contributed by atoms with van der Waals surface area (Å²) in [5.41, 5.74) is -5.33.